The van der Waals surface area contributed by atoms with E-state index in [0.29, 0.717) is 0 Å². The summed E-state index contributed by atoms with van der Waals surface area (Å²) in [6, 6.07) is 56.2. The fourth-order valence-corrected chi connectivity index (χ4v) is 9.10. The lowest BCUT2D eigenvalue weighted by Crippen LogP contribution is -2.00. The number of furan rings is 1. The molecule has 0 atom stereocenters. The molecule has 0 radical (unpaired) electrons. The summed E-state index contributed by atoms with van der Waals surface area (Å²) in [5, 5.41) is 9.71. The van der Waals surface area contributed by atoms with E-state index in [0.717, 1.165) is 50.1 Å². The highest BCUT2D eigenvalue weighted by Crippen LogP contribution is 2.48. The Morgan fingerprint density at radius 3 is 2.04 bits per heavy atom. The highest BCUT2D eigenvalue weighted by molar-refractivity contribution is 7.27. The van der Waals surface area contributed by atoms with Gasteiger partial charge in [0.2, 0.25) is 0 Å². The van der Waals surface area contributed by atoms with Crippen molar-refractivity contribution in [1.29, 1.82) is 0 Å². The molecular weight excluding hydrogens is 617 g/mol. The minimum absolute atomic E-state index is 0.799. The Morgan fingerprint density at radius 1 is 0.490 bits per heavy atom. The van der Waals surface area contributed by atoms with Gasteiger partial charge in [0.25, 0.3) is 0 Å². The van der Waals surface area contributed by atoms with Gasteiger partial charge in [-0.25, -0.2) is 4.98 Å². The van der Waals surface area contributed by atoms with Crippen molar-refractivity contribution in [1.82, 2.24) is 9.55 Å². The molecule has 0 N–H and O–H groups in total. The van der Waals surface area contributed by atoms with E-state index in [1.807, 2.05) is 23.5 Å². The van der Waals surface area contributed by atoms with Gasteiger partial charge in [-0.3, -0.25) is 4.57 Å². The molecule has 0 unspecified atom stereocenters. The zero-order valence-electron chi connectivity index (χ0n) is 26.2. The Bertz CT molecular complexity index is 3110. The summed E-state index contributed by atoms with van der Waals surface area (Å²) in [5.74, 6) is 0.872. The number of thiophene rings is 1. The second-order valence-electron chi connectivity index (χ2n) is 12.7. The van der Waals surface area contributed by atoms with E-state index in [1.54, 1.807) is 0 Å². The first-order valence-electron chi connectivity index (χ1n) is 16.6. The molecule has 0 fully saturated rings. The van der Waals surface area contributed by atoms with Crippen molar-refractivity contribution >= 4 is 86.0 Å². The normalized spacial score (nSPS) is 12.1. The van der Waals surface area contributed by atoms with Gasteiger partial charge in [0.15, 0.2) is 5.58 Å². The van der Waals surface area contributed by atoms with Crippen LogP contribution in [0.2, 0.25) is 0 Å². The molecule has 0 saturated heterocycles. The number of aromatic nitrogens is 2. The first-order chi connectivity index (χ1) is 24.3. The van der Waals surface area contributed by atoms with Crippen LogP contribution in [-0.2, 0) is 0 Å². The molecule has 3 nitrogen and oxygen atoms in total. The molecular formula is C45H26N2OS. The maximum absolute atomic E-state index is 6.63. The van der Waals surface area contributed by atoms with E-state index in [9.17, 15) is 0 Å². The van der Waals surface area contributed by atoms with E-state index in [1.165, 1.54) is 52.8 Å². The number of nitrogens with zero attached hydrogens (tertiary/aromatic N) is 2. The fraction of sp³-hybridized carbons (Fsp3) is 0. The largest absolute Gasteiger partial charge is 0.454 e. The van der Waals surface area contributed by atoms with E-state index in [4.69, 9.17) is 9.40 Å². The monoisotopic (exact) mass is 642 g/mol. The smallest absolute Gasteiger partial charge is 0.161 e. The predicted octanol–water partition coefficient (Wildman–Crippen LogP) is 12.9. The van der Waals surface area contributed by atoms with Crippen molar-refractivity contribution in [2.45, 2.75) is 0 Å². The standard InChI is InChI=1S/C45H26N2OS/c1-2-13-27(14-3-1)28-15-12-16-29(25-28)42-44-35(30-17-7-10-23-37(30)48-44)26-39(46-42)47-36-22-9-6-20-33(36)40-31-18-4-5-19-32(31)45-41(43(40)47)34-21-8-11-24-38(34)49-45/h1-26H. The minimum Gasteiger partial charge on any atom is -0.454 e. The Labute approximate surface area is 284 Å². The topological polar surface area (TPSA) is 31.0 Å². The molecule has 0 amide bonds. The van der Waals surface area contributed by atoms with Crippen molar-refractivity contribution in [2.75, 3.05) is 0 Å². The third-order valence-corrected chi connectivity index (χ3v) is 11.2. The fourth-order valence-electron chi connectivity index (χ4n) is 7.85. The number of hydrogen-bond donors (Lipinski definition) is 0. The van der Waals surface area contributed by atoms with Gasteiger partial charge in [-0.1, -0.05) is 127 Å². The van der Waals surface area contributed by atoms with Crippen LogP contribution in [0.5, 0.6) is 0 Å². The van der Waals surface area contributed by atoms with Crippen LogP contribution in [0.3, 0.4) is 0 Å². The summed E-state index contributed by atoms with van der Waals surface area (Å²) in [7, 11) is 0. The molecule has 49 heavy (non-hydrogen) atoms. The summed E-state index contributed by atoms with van der Waals surface area (Å²) in [5.41, 5.74) is 8.14. The number of para-hydroxylation sites is 2. The maximum Gasteiger partial charge on any atom is 0.161 e. The zero-order valence-corrected chi connectivity index (χ0v) is 27.0. The van der Waals surface area contributed by atoms with E-state index < -0.39 is 0 Å². The van der Waals surface area contributed by atoms with Crippen LogP contribution in [0.4, 0.5) is 0 Å². The molecule has 0 aliphatic rings. The number of fused-ring (bicyclic) bond motifs is 13. The Kier molecular flexibility index (Phi) is 5.54. The Balaban J connectivity index is 1.33. The molecule has 11 aromatic rings. The second kappa shape index (κ2) is 10.1. The van der Waals surface area contributed by atoms with Crippen molar-refractivity contribution < 1.29 is 4.42 Å². The quantitative estimate of drug-likeness (QED) is 0.192. The summed E-state index contributed by atoms with van der Waals surface area (Å²) in [4.78, 5) is 5.57. The lowest BCUT2D eigenvalue weighted by Gasteiger charge is -2.13. The molecule has 4 heteroatoms. The van der Waals surface area contributed by atoms with E-state index in [2.05, 4.69) is 150 Å². The second-order valence-corrected chi connectivity index (χ2v) is 13.7. The SMILES string of the molecule is c1ccc(-c2cccc(-c3nc(-n4c5ccccc5c5c6ccccc6c6sc7ccccc7c6c54)cc4c3oc3ccccc34)c2)cc1. The molecule has 11 rings (SSSR count). The molecule has 7 aromatic carbocycles. The number of pyridine rings is 1. The van der Waals surface area contributed by atoms with Crippen molar-refractivity contribution in [3.63, 3.8) is 0 Å². The number of benzene rings is 7. The van der Waals surface area contributed by atoms with E-state index >= 15 is 0 Å². The molecule has 4 heterocycles. The highest BCUT2D eigenvalue weighted by Gasteiger charge is 2.24. The Hall–Kier alpha value is -6.23. The molecule has 4 aromatic heterocycles. The van der Waals surface area contributed by atoms with Crippen LogP contribution in [-0.4, -0.2) is 9.55 Å². The van der Waals surface area contributed by atoms with Crippen LogP contribution in [0.25, 0.3) is 103 Å². The molecule has 228 valence electrons. The van der Waals surface area contributed by atoms with Crippen LogP contribution in [0, 0.1) is 0 Å². The first-order valence-corrected chi connectivity index (χ1v) is 17.4. The van der Waals surface area contributed by atoms with Gasteiger partial charge in [-0.15, -0.1) is 11.3 Å². The van der Waals surface area contributed by atoms with E-state index in [-0.39, 0.29) is 0 Å². The molecule has 0 spiro atoms. The van der Waals surface area contributed by atoms with Gasteiger partial charge in [0, 0.05) is 52.7 Å². The average Bonchev–Trinajstić information content (AvgIpc) is 3.85. The predicted molar refractivity (Wildman–Crippen MR) is 207 cm³/mol. The summed E-state index contributed by atoms with van der Waals surface area (Å²) in [6.07, 6.45) is 0. The van der Waals surface area contributed by atoms with Gasteiger partial charge >= 0.3 is 0 Å². The lowest BCUT2D eigenvalue weighted by molar-refractivity contribution is 0.668. The van der Waals surface area contributed by atoms with Crippen LogP contribution >= 0.6 is 11.3 Å². The first kappa shape index (κ1) is 26.8. The molecule has 0 aliphatic heterocycles. The average molecular weight is 643 g/mol. The number of hydrogen-bond acceptors (Lipinski definition) is 3. The summed E-state index contributed by atoms with van der Waals surface area (Å²) >= 11 is 1.88. The van der Waals surface area contributed by atoms with Crippen molar-refractivity contribution in [3.05, 3.63) is 158 Å². The van der Waals surface area contributed by atoms with Gasteiger partial charge in [-0.2, -0.15) is 0 Å². The molecule has 0 saturated carbocycles. The third kappa shape index (κ3) is 3.80. The lowest BCUT2D eigenvalue weighted by atomic mass is 10.00. The molecule has 0 bridgehead atoms. The number of rotatable bonds is 3. The minimum atomic E-state index is 0.799. The third-order valence-electron chi connectivity index (χ3n) is 9.97. The Morgan fingerprint density at radius 2 is 1.16 bits per heavy atom. The summed E-state index contributed by atoms with van der Waals surface area (Å²) in [6.45, 7) is 0. The van der Waals surface area contributed by atoms with Gasteiger partial charge in [0.05, 0.1) is 11.0 Å². The van der Waals surface area contributed by atoms with Gasteiger partial charge in [-0.05, 0) is 46.8 Å². The zero-order chi connectivity index (χ0) is 32.1. The van der Waals surface area contributed by atoms with Crippen LogP contribution < -0.4 is 0 Å². The van der Waals surface area contributed by atoms with Crippen molar-refractivity contribution in [3.8, 4) is 28.2 Å². The van der Waals surface area contributed by atoms with Gasteiger partial charge in [0.1, 0.15) is 17.1 Å². The van der Waals surface area contributed by atoms with Gasteiger partial charge < -0.3 is 4.42 Å². The molecule has 0 aliphatic carbocycles. The van der Waals surface area contributed by atoms with Crippen LogP contribution in [0.15, 0.2) is 162 Å². The maximum atomic E-state index is 6.63. The van der Waals surface area contributed by atoms with Crippen LogP contribution in [0.1, 0.15) is 0 Å². The summed E-state index contributed by atoms with van der Waals surface area (Å²) < 4.78 is 11.6. The van der Waals surface area contributed by atoms with Crippen molar-refractivity contribution in [2.24, 2.45) is 0 Å². The highest BCUT2D eigenvalue weighted by atomic mass is 32.1.